The summed E-state index contributed by atoms with van der Waals surface area (Å²) >= 11 is 0. The van der Waals surface area contributed by atoms with Crippen LogP contribution in [0.5, 0.6) is 0 Å². The van der Waals surface area contributed by atoms with E-state index in [1.807, 2.05) is 20.8 Å². The molecule has 0 atom stereocenters. The number of halogens is 2. The lowest BCUT2D eigenvalue weighted by Crippen LogP contribution is -2.49. The van der Waals surface area contributed by atoms with E-state index < -0.39 is 11.6 Å². The number of carbonyl (C=O) groups excluding carboxylic acids is 2. The summed E-state index contributed by atoms with van der Waals surface area (Å²) in [5, 5.41) is 2.86. The number of anilines is 2. The number of urea groups is 1. The zero-order valence-corrected chi connectivity index (χ0v) is 17.5. The van der Waals surface area contributed by atoms with Gasteiger partial charge in [-0.15, -0.1) is 0 Å². The van der Waals surface area contributed by atoms with Crippen molar-refractivity contribution in [3.63, 3.8) is 0 Å². The number of carbonyl (C=O) groups is 2. The minimum absolute atomic E-state index is 0.0138. The largest absolute Gasteiger partial charge is 0.326 e. The average Bonchev–Trinajstić information content (AvgIpc) is 2.65. The third kappa shape index (κ3) is 5.55. The molecule has 0 spiro atoms. The highest BCUT2D eigenvalue weighted by atomic mass is 19.1. The quantitative estimate of drug-likeness (QED) is 0.732. The van der Waals surface area contributed by atoms with Crippen molar-refractivity contribution in [1.29, 1.82) is 0 Å². The highest BCUT2D eigenvalue weighted by Gasteiger charge is 2.27. The Morgan fingerprint density at radius 2 is 1.77 bits per heavy atom. The summed E-state index contributed by atoms with van der Waals surface area (Å²) in [5.41, 5.74) is 1.41. The molecule has 2 aromatic carbocycles. The van der Waals surface area contributed by atoms with Crippen LogP contribution in [0.1, 0.15) is 39.2 Å². The van der Waals surface area contributed by atoms with Crippen molar-refractivity contribution in [3.8, 4) is 0 Å². The first kappa shape index (κ1) is 21.7. The van der Waals surface area contributed by atoms with Gasteiger partial charge in [0, 0.05) is 36.4 Å². The van der Waals surface area contributed by atoms with E-state index in [9.17, 15) is 18.4 Å². The van der Waals surface area contributed by atoms with Crippen LogP contribution in [-0.4, -0.2) is 29.9 Å². The van der Waals surface area contributed by atoms with Gasteiger partial charge in [-0.2, -0.15) is 0 Å². The first-order valence-corrected chi connectivity index (χ1v) is 10.0. The van der Waals surface area contributed by atoms with Gasteiger partial charge in [0.15, 0.2) is 0 Å². The molecule has 1 saturated heterocycles. The standard InChI is InChI=1S/C23H27F2N3O2/c1-23(2,3)14-21(29)26-18-6-8-19(9-7-18)28-12-4-11-27(22(28)30)15-16-13-17(24)5-10-20(16)25/h5-10,13H,4,11-12,14-15H2,1-3H3,(H,26,29). The molecule has 0 saturated carbocycles. The molecule has 30 heavy (non-hydrogen) atoms. The minimum Gasteiger partial charge on any atom is -0.326 e. The molecule has 0 unspecified atom stereocenters. The lowest BCUT2D eigenvalue weighted by atomic mass is 9.92. The van der Waals surface area contributed by atoms with E-state index in [0.29, 0.717) is 37.3 Å². The zero-order chi connectivity index (χ0) is 21.9. The summed E-state index contributed by atoms with van der Waals surface area (Å²) in [6.45, 7) is 7.03. The van der Waals surface area contributed by atoms with Gasteiger partial charge in [0.25, 0.3) is 0 Å². The summed E-state index contributed by atoms with van der Waals surface area (Å²) in [6.07, 6.45) is 1.12. The Hall–Kier alpha value is -2.96. The van der Waals surface area contributed by atoms with Crippen molar-refractivity contribution >= 4 is 23.3 Å². The van der Waals surface area contributed by atoms with Crippen LogP contribution in [0.25, 0.3) is 0 Å². The van der Waals surface area contributed by atoms with Gasteiger partial charge in [-0.05, 0) is 54.3 Å². The molecule has 0 bridgehead atoms. The molecule has 0 radical (unpaired) electrons. The van der Waals surface area contributed by atoms with Crippen molar-refractivity contribution in [1.82, 2.24) is 4.90 Å². The summed E-state index contributed by atoms with van der Waals surface area (Å²) in [5.74, 6) is -1.12. The third-order valence-corrected chi connectivity index (χ3v) is 4.83. The number of nitrogens with zero attached hydrogens (tertiary/aromatic N) is 2. The summed E-state index contributed by atoms with van der Waals surface area (Å²) in [7, 11) is 0. The maximum absolute atomic E-state index is 14.0. The Bertz CT molecular complexity index is 923. The molecule has 1 heterocycles. The fraction of sp³-hybridized carbons (Fsp3) is 0.391. The first-order valence-electron chi connectivity index (χ1n) is 10.0. The van der Waals surface area contributed by atoms with E-state index in [1.165, 1.54) is 4.90 Å². The molecule has 3 amide bonds. The van der Waals surface area contributed by atoms with Crippen LogP contribution in [0.3, 0.4) is 0 Å². The topological polar surface area (TPSA) is 52.7 Å². The van der Waals surface area contributed by atoms with Crippen LogP contribution >= 0.6 is 0 Å². The van der Waals surface area contributed by atoms with Gasteiger partial charge in [-0.1, -0.05) is 20.8 Å². The van der Waals surface area contributed by atoms with Crippen LogP contribution in [0, 0.1) is 17.0 Å². The van der Waals surface area contributed by atoms with E-state index in [4.69, 9.17) is 0 Å². The first-order chi connectivity index (χ1) is 14.1. The van der Waals surface area contributed by atoms with Crippen LogP contribution in [0.15, 0.2) is 42.5 Å². The molecule has 1 aliphatic heterocycles. The fourth-order valence-electron chi connectivity index (χ4n) is 3.45. The Kier molecular flexibility index (Phi) is 6.39. The molecule has 7 heteroatoms. The van der Waals surface area contributed by atoms with Crippen LogP contribution in [-0.2, 0) is 11.3 Å². The SMILES string of the molecule is CC(C)(C)CC(=O)Nc1ccc(N2CCCN(Cc3cc(F)ccc3F)C2=O)cc1. The number of hydrogen-bond donors (Lipinski definition) is 1. The number of nitrogens with one attached hydrogen (secondary N) is 1. The van der Waals surface area contributed by atoms with E-state index in [-0.39, 0.29) is 29.5 Å². The molecule has 3 rings (SSSR count). The van der Waals surface area contributed by atoms with Gasteiger partial charge in [0.2, 0.25) is 5.91 Å². The summed E-state index contributed by atoms with van der Waals surface area (Å²) < 4.78 is 27.4. The molecule has 1 fully saturated rings. The molecule has 0 aliphatic carbocycles. The Morgan fingerprint density at radius 3 is 2.43 bits per heavy atom. The Balaban J connectivity index is 1.67. The van der Waals surface area contributed by atoms with Crippen LogP contribution < -0.4 is 10.2 Å². The second-order valence-electron chi connectivity index (χ2n) is 8.78. The van der Waals surface area contributed by atoms with Crippen LogP contribution in [0.2, 0.25) is 0 Å². The van der Waals surface area contributed by atoms with Gasteiger partial charge >= 0.3 is 6.03 Å². The normalized spacial score (nSPS) is 14.8. The summed E-state index contributed by atoms with van der Waals surface area (Å²) in [6, 6.07) is 10.1. The van der Waals surface area contributed by atoms with Gasteiger partial charge in [0.1, 0.15) is 11.6 Å². The van der Waals surface area contributed by atoms with Gasteiger partial charge in [0.05, 0.1) is 6.54 Å². The third-order valence-electron chi connectivity index (χ3n) is 4.83. The number of hydrogen-bond acceptors (Lipinski definition) is 2. The molecule has 5 nitrogen and oxygen atoms in total. The molecule has 0 aromatic heterocycles. The lowest BCUT2D eigenvalue weighted by Gasteiger charge is -2.35. The maximum Gasteiger partial charge on any atom is 0.324 e. The molecule has 1 N–H and O–H groups in total. The smallest absolute Gasteiger partial charge is 0.324 e. The monoisotopic (exact) mass is 415 g/mol. The van der Waals surface area contributed by atoms with Crippen molar-refractivity contribution < 1.29 is 18.4 Å². The highest BCUT2D eigenvalue weighted by Crippen LogP contribution is 2.25. The summed E-state index contributed by atoms with van der Waals surface area (Å²) in [4.78, 5) is 28.1. The highest BCUT2D eigenvalue weighted by molar-refractivity contribution is 5.94. The predicted octanol–water partition coefficient (Wildman–Crippen LogP) is 5.17. The van der Waals surface area contributed by atoms with E-state index in [1.54, 1.807) is 29.2 Å². The minimum atomic E-state index is -0.531. The Labute approximate surface area is 175 Å². The van der Waals surface area contributed by atoms with E-state index in [2.05, 4.69) is 5.32 Å². The van der Waals surface area contributed by atoms with Crippen molar-refractivity contribution in [2.45, 2.75) is 40.2 Å². The number of benzene rings is 2. The van der Waals surface area contributed by atoms with Crippen molar-refractivity contribution in [2.75, 3.05) is 23.3 Å². The lowest BCUT2D eigenvalue weighted by molar-refractivity contribution is -0.117. The molecule has 160 valence electrons. The zero-order valence-electron chi connectivity index (χ0n) is 17.5. The maximum atomic E-state index is 14.0. The molecule has 2 aromatic rings. The van der Waals surface area contributed by atoms with Gasteiger partial charge in [-0.3, -0.25) is 9.69 Å². The van der Waals surface area contributed by atoms with Crippen molar-refractivity contribution in [3.05, 3.63) is 59.7 Å². The van der Waals surface area contributed by atoms with E-state index >= 15 is 0 Å². The average molecular weight is 415 g/mol. The molecular formula is C23H27F2N3O2. The Morgan fingerprint density at radius 1 is 1.07 bits per heavy atom. The fourth-order valence-corrected chi connectivity index (χ4v) is 3.45. The van der Waals surface area contributed by atoms with Gasteiger partial charge < -0.3 is 10.2 Å². The second kappa shape index (κ2) is 8.81. The van der Waals surface area contributed by atoms with Crippen LogP contribution in [0.4, 0.5) is 25.0 Å². The van der Waals surface area contributed by atoms with Crippen molar-refractivity contribution in [2.24, 2.45) is 5.41 Å². The second-order valence-corrected chi connectivity index (χ2v) is 8.78. The number of rotatable bonds is 5. The van der Waals surface area contributed by atoms with E-state index in [0.717, 1.165) is 18.2 Å². The number of amides is 3. The van der Waals surface area contributed by atoms with Gasteiger partial charge in [-0.25, -0.2) is 13.6 Å². The molecular weight excluding hydrogens is 388 g/mol. The molecule has 1 aliphatic rings. The predicted molar refractivity (Wildman–Crippen MR) is 113 cm³/mol.